The van der Waals surface area contributed by atoms with E-state index >= 15 is 0 Å². The summed E-state index contributed by atoms with van der Waals surface area (Å²) in [6, 6.07) is 14.2. The second-order valence-electron chi connectivity index (χ2n) is 4.54. The minimum absolute atomic E-state index is 0.0271. The molecule has 24 heavy (non-hydrogen) atoms. The summed E-state index contributed by atoms with van der Waals surface area (Å²) in [6.45, 7) is -0.295. The highest BCUT2D eigenvalue weighted by atomic mass is 16.6. The molecule has 0 aromatic heterocycles. The Bertz CT molecular complexity index is 810. The van der Waals surface area contributed by atoms with Gasteiger partial charge in [0.05, 0.1) is 16.7 Å². The second kappa shape index (κ2) is 8.05. The number of carbonyl (C=O) groups is 1. The Kier molecular flexibility index (Phi) is 5.58. The van der Waals surface area contributed by atoms with E-state index in [1.54, 1.807) is 24.3 Å². The van der Waals surface area contributed by atoms with Crippen molar-refractivity contribution in [2.75, 3.05) is 6.61 Å². The zero-order valence-corrected chi connectivity index (χ0v) is 12.4. The number of nitriles is 1. The number of nitro groups is 1. The molecular formula is C16H12N4O4. The SMILES string of the molecule is N#Cc1ccccc1OCC(=O)N/N=C/c1ccc([N+](=O)[O-])cc1. The lowest BCUT2D eigenvalue weighted by Gasteiger charge is -2.06. The van der Waals surface area contributed by atoms with Crippen LogP contribution in [0.1, 0.15) is 11.1 Å². The van der Waals surface area contributed by atoms with E-state index in [2.05, 4.69) is 10.5 Å². The van der Waals surface area contributed by atoms with Gasteiger partial charge in [-0.2, -0.15) is 10.4 Å². The van der Waals surface area contributed by atoms with Crippen LogP contribution in [-0.4, -0.2) is 23.7 Å². The number of para-hydroxylation sites is 1. The van der Waals surface area contributed by atoms with Gasteiger partial charge >= 0.3 is 0 Å². The highest BCUT2D eigenvalue weighted by molar-refractivity contribution is 5.83. The van der Waals surface area contributed by atoms with Crippen molar-refractivity contribution in [1.29, 1.82) is 5.26 Å². The molecule has 0 radical (unpaired) electrons. The fourth-order valence-electron chi connectivity index (χ4n) is 1.72. The summed E-state index contributed by atoms with van der Waals surface area (Å²) in [5.74, 6) is -0.185. The van der Waals surface area contributed by atoms with Crippen LogP contribution in [0.15, 0.2) is 53.6 Å². The van der Waals surface area contributed by atoms with Crippen molar-refractivity contribution in [2.24, 2.45) is 5.10 Å². The van der Waals surface area contributed by atoms with Crippen molar-refractivity contribution in [3.05, 3.63) is 69.8 Å². The van der Waals surface area contributed by atoms with E-state index in [-0.39, 0.29) is 12.3 Å². The molecule has 2 aromatic carbocycles. The molecule has 0 spiro atoms. The molecular weight excluding hydrogens is 312 g/mol. The first-order chi connectivity index (χ1) is 11.6. The van der Waals surface area contributed by atoms with E-state index in [9.17, 15) is 14.9 Å². The number of rotatable bonds is 6. The summed E-state index contributed by atoms with van der Waals surface area (Å²) < 4.78 is 5.25. The Hall–Kier alpha value is -3.73. The van der Waals surface area contributed by atoms with Crippen LogP contribution in [-0.2, 0) is 4.79 Å². The van der Waals surface area contributed by atoms with E-state index in [1.165, 1.54) is 30.5 Å². The van der Waals surface area contributed by atoms with Gasteiger partial charge in [-0.15, -0.1) is 0 Å². The first-order valence-corrected chi connectivity index (χ1v) is 6.78. The summed E-state index contributed by atoms with van der Waals surface area (Å²) in [7, 11) is 0. The maximum absolute atomic E-state index is 11.6. The molecule has 0 atom stereocenters. The summed E-state index contributed by atoms with van der Waals surface area (Å²) >= 11 is 0. The number of nitrogens with zero attached hydrogens (tertiary/aromatic N) is 3. The summed E-state index contributed by atoms with van der Waals surface area (Å²) in [4.78, 5) is 21.7. The van der Waals surface area contributed by atoms with Crippen LogP contribution >= 0.6 is 0 Å². The number of amides is 1. The topological polar surface area (TPSA) is 118 Å². The maximum Gasteiger partial charge on any atom is 0.277 e. The van der Waals surface area contributed by atoms with E-state index in [0.717, 1.165) is 0 Å². The lowest BCUT2D eigenvalue weighted by Crippen LogP contribution is -2.24. The van der Waals surface area contributed by atoms with Gasteiger partial charge in [0.25, 0.3) is 11.6 Å². The quantitative estimate of drug-likeness (QED) is 0.495. The number of carbonyl (C=O) groups excluding carboxylic acids is 1. The van der Waals surface area contributed by atoms with Gasteiger partial charge in [0.2, 0.25) is 0 Å². The van der Waals surface area contributed by atoms with Gasteiger partial charge in [0, 0.05) is 12.1 Å². The van der Waals surface area contributed by atoms with Crippen LogP contribution in [0.4, 0.5) is 5.69 Å². The minimum Gasteiger partial charge on any atom is -0.482 e. The summed E-state index contributed by atoms with van der Waals surface area (Å²) in [5.41, 5.74) is 3.17. The highest BCUT2D eigenvalue weighted by Crippen LogP contribution is 2.16. The largest absolute Gasteiger partial charge is 0.482 e. The second-order valence-corrected chi connectivity index (χ2v) is 4.54. The van der Waals surface area contributed by atoms with E-state index in [0.29, 0.717) is 16.9 Å². The number of hydrogen-bond acceptors (Lipinski definition) is 6. The van der Waals surface area contributed by atoms with Gasteiger partial charge in [-0.1, -0.05) is 12.1 Å². The average Bonchev–Trinajstić information content (AvgIpc) is 2.60. The Balaban J connectivity index is 1.84. The predicted molar refractivity (Wildman–Crippen MR) is 85.5 cm³/mol. The molecule has 0 unspecified atom stereocenters. The molecule has 0 saturated heterocycles. The molecule has 0 heterocycles. The van der Waals surface area contributed by atoms with Gasteiger partial charge in [-0.3, -0.25) is 14.9 Å². The molecule has 0 bridgehead atoms. The smallest absolute Gasteiger partial charge is 0.277 e. The molecule has 0 aliphatic rings. The molecule has 8 heteroatoms. The van der Waals surface area contributed by atoms with Crippen molar-refractivity contribution in [3.8, 4) is 11.8 Å². The van der Waals surface area contributed by atoms with E-state index < -0.39 is 10.8 Å². The van der Waals surface area contributed by atoms with Gasteiger partial charge in [-0.25, -0.2) is 5.43 Å². The molecule has 0 aliphatic heterocycles. The van der Waals surface area contributed by atoms with E-state index in [4.69, 9.17) is 10.00 Å². The normalized spacial score (nSPS) is 10.1. The third-order valence-corrected chi connectivity index (χ3v) is 2.87. The van der Waals surface area contributed by atoms with Crippen molar-refractivity contribution >= 4 is 17.8 Å². The third kappa shape index (κ3) is 4.64. The first kappa shape index (κ1) is 16.6. The number of nitro benzene ring substituents is 1. The average molecular weight is 324 g/mol. The summed E-state index contributed by atoms with van der Waals surface area (Å²) in [6.07, 6.45) is 1.35. The van der Waals surface area contributed by atoms with Crippen LogP contribution in [0, 0.1) is 21.4 Å². The molecule has 1 N–H and O–H groups in total. The third-order valence-electron chi connectivity index (χ3n) is 2.87. The lowest BCUT2D eigenvalue weighted by molar-refractivity contribution is -0.384. The number of nitrogens with one attached hydrogen (secondary N) is 1. The van der Waals surface area contributed by atoms with Crippen molar-refractivity contribution < 1.29 is 14.5 Å². The molecule has 2 rings (SSSR count). The zero-order chi connectivity index (χ0) is 17.4. The molecule has 1 amide bonds. The van der Waals surface area contributed by atoms with Crippen LogP contribution in [0.3, 0.4) is 0 Å². The van der Waals surface area contributed by atoms with E-state index in [1.807, 2.05) is 6.07 Å². The Morgan fingerprint density at radius 3 is 2.67 bits per heavy atom. The predicted octanol–water partition coefficient (Wildman–Crippen LogP) is 2.00. The standard InChI is InChI=1S/C16H12N4O4/c17-9-13-3-1-2-4-15(13)24-11-16(21)19-18-10-12-5-7-14(8-6-12)20(22)23/h1-8,10H,11H2,(H,19,21)/b18-10+. The van der Waals surface area contributed by atoms with Crippen molar-refractivity contribution in [1.82, 2.24) is 5.43 Å². The Morgan fingerprint density at radius 1 is 1.29 bits per heavy atom. The van der Waals surface area contributed by atoms with Crippen LogP contribution in [0.5, 0.6) is 5.75 Å². The zero-order valence-electron chi connectivity index (χ0n) is 12.4. The van der Waals surface area contributed by atoms with Crippen molar-refractivity contribution in [2.45, 2.75) is 0 Å². The number of hydrazone groups is 1. The monoisotopic (exact) mass is 324 g/mol. The van der Waals surface area contributed by atoms with Crippen molar-refractivity contribution in [3.63, 3.8) is 0 Å². The fraction of sp³-hybridized carbons (Fsp3) is 0.0625. The molecule has 0 aliphatic carbocycles. The van der Waals surface area contributed by atoms with Crippen LogP contribution < -0.4 is 10.2 Å². The van der Waals surface area contributed by atoms with Gasteiger partial charge in [-0.05, 0) is 29.8 Å². The number of non-ortho nitro benzene ring substituents is 1. The van der Waals surface area contributed by atoms with Crippen LogP contribution in [0.25, 0.3) is 0 Å². The molecule has 2 aromatic rings. The Labute approximate surface area is 137 Å². The Morgan fingerprint density at radius 2 is 2.00 bits per heavy atom. The number of benzene rings is 2. The summed E-state index contributed by atoms with van der Waals surface area (Å²) in [5, 5.41) is 23.2. The number of hydrogen-bond donors (Lipinski definition) is 1. The lowest BCUT2D eigenvalue weighted by atomic mass is 10.2. The van der Waals surface area contributed by atoms with Crippen LogP contribution in [0.2, 0.25) is 0 Å². The van der Waals surface area contributed by atoms with Gasteiger partial charge in [0.15, 0.2) is 6.61 Å². The minimum atomic E-state index is -0.501. The van der Waals surface area contributed by atoms with Gasteiger partial charge < -0.3 is 4.74 Å². The highest BCUT2D eigenvalue weighted by Gasteiger charge is 2.05. The molecule has 0 fully saturated rings. The maximum atomic E-state index is 11.6. The fourth-order valence-corrected chi connectivity index (χ4v) is 1.72. The molecule has 120 valence electrons. The first-order valence-electron chi connectivity index (χ1n) is 6.78. The molecule has 8 nitrogen and oxygen atoms in total. The molecule has 0 saturated carbocycles. The number of ether oxygens (including phenoxy) is 1. The van der Waals surface area contributed by atoms with Gasteiger partial charge in [0.1, 0.15) is 11.8 Å².